The second-order valence-corrected chi connectivity index (χ2v) is 5.15. The summed E-state index contributed by atoms with van der Waals surface area (Å²) < 4.78 is 0. The first kappa shape index (κ1) is 13.0. The van der Waals surface area contributed by atoms with Gasteiger partial charge < -0.3 is 4.90 Å². The van der Waals surface area contributed by atoms with Crippen molar-refractivity contribution in [1.29, 1.82) is 0 Å². The maximum absolute atomic E-state index is 2.72. The summed E-state index contributed by atoms with van der Waals surface area (Å²) in [7, 11) is 0. The number of likely N-dealkylation sites (tertiary alicyclic amines) is 1. The lowest BCUT2D eigenvalue weighted by Crippen LogP contribution is -2.33. The van der Waals surface area contributed by atoms with Crippen LogP contribution in [-0.2, 0) is 0 Å². The highest BCUT2D eigenvalue weighted by Crippen LogP contribution is 2.17. The number of rotatable bonds is 6. The van der Waals surface area contributed by atoms with Crippen molar-refractivity contribution in [3.05, 3.63) is 0 Å². The van der Waals surface area contributed by atoms with Crippen LogP contribution in [0.1, 0.15) is 71.6 Å². The Balaban J connectivity index is 2.07. The van der Waals surface area contributed by atoms with Crippen LogP contribution in [0.5, 0.6) is 0 Å². The van der Waals surface area contributed by atoms with Crippen LogP contribution in [-0.4, -0.2) is 24.0 Å². The lowest BCUT2D eigenvalue weighted by atomic mass is 10.1. The van der Waals surface area contributed by atoms with E-state index in [0.717, 1.165) is 6.04 Å². The summed E-state index contributed by atoms with van der Waals surface area (Å²) in [6.45, 7) is 7.41. The van der Waals surface area contributed by atoms with Crippen LogP contribution in [0.15, 0.2) is 0 Å². The van der Waals surface area contributed by atoms with Crippen molar-refractivity contribution in [3.8, 4) is 0 Å². The molecule has 1 aliphatic rings. The van der Waals surface area contributed by atoms with Crippen LogP contribution in [0.25, 0.3) is 0 Å². The molecule has 0 N–H and O–H groups in total. The zero-order valence-electron chi connectivity index (χ0n) is 10.8. The molecule has 1 nitrogen and oxygen atoms in total. The van der Waals surface area contributed by atoms with E-state index in [4.69, 9.17) is 0 Å². The smallest absolute Gasteiger partial charge is 0.00669 e. The molecule has 0 aliphatic carbocycles. The Labute approximate surface area is 96.2 Å². The fourth-order valence-electron chi connectivity index (χ4n) is 2.59. The average Bonchev–Trinajstić information content (AvgIpc) is 2.44. The van der Waals surface area contributed by atoms with Gasteiger partial charge in [0, 0.05) is 6.04 Å². The molecule has 90 valence electrons. The van der Waals surface area contributed by atoms with Gasteiger partial charge in [0.2, 0.25) is 0 Å². The van der Waals surface area contributed by atoms with Crippen LogP contribution in [0.4, 0.5) is 0 Å². The summed E-state index contributed by atoms with van der Waals surface area (Å²) in [6, 6.07) is 0.846. The normalized spacial score (nSPS) is 24.0. The van der Waals surface area contributed by atoms with Crippen molar-refractivity contribution in [1.82, 2.24) is 4.90 Å². The van der Waals surface area contributed by atoms with Gasteiger partial charge in [0.1, 0.15) is 0 Å². The molecule has 0 aromatic heterocycles. The van der Waals surface area contributed by atoms with Crippen molar-refractivity contribution in [2.24, 2.45) is 0 Å². The third kappa shape index (κ3) is 5.55. The highest BCUT2D eigenvalue weighted by Gasteiger charge is 2.15. The van der Waals surface area contributed by atoms with Crippen LogP contribution in [0.2, 0.25) is 0 Å². The first-order valence-corrected chi connectivity index (χ1v) is 7.08. The summed E-state index contributed by atoms with van der Waals surface area (Å²) in [5, 5.41) is 0. The Bertz CT molecular complexity index is 144. The molecule has 0 aromatic carbocycles. The third-order valence-electron chi connectivity index (χ3n) is 3.74. The molecule has 1 saturated heterocycles. The van der Waals surface area contributed by atoms with Gasteiger partial charge in [-0.1, -0.05) is 45.4 Å². The molecule has 1 atom stereocenters. The summed E-state index contributed by atoms with van der Waals surface area (Å²) in [5.74, 6) is 0. The first-order chi connectivity index (χ1) is 7.34. The number of nitrogens with zero attached hydrogens (tertiary/aromatic N) is 1. The lowest BCUT2D eigenvalue weighted by molar-refractivity contribution is 0.209. The van der Waals surface area contributed by atoms with E-state index in [9.17, 15) is 0 Å². The predicted octanol–water partition coefficient (Wildman–Crippen LogP) is 4.22. The Morgan fingerprint density at radius 3 is 2.60 bits per heavy atom. The monoisotopic (exact) mass is 211 g/mol. The molecule has 1 fully saturated rings. The number of hydrogen-bond donors (Lipinski definition) is 0. The summed E-state index contributed by atoms with van der Waals surface area (Å²) >= 11 is 0. The van der Waals surface area contributed by atoms with Crippen LogP contribution >= 0.6 is 0 Å². The molecule has 0 radical (unpaired) electrons. The molecule has 0 saturated carbocycles. The highest BCUT2D eigenvalue weighted by molar-refractivity contribution is 4.71. The Kier molecular flexibility index (Phi) is 7.08. The minimum absolute atomic E-state index is 0.846. The molecule has 15 heavy (non-hydrogen) atoms. The number of unbranched alkanes of at least 4 members (excludes halogenated alkanes) is 4. The minimum atomic E-state index is 0.846. The van der Waals surface area contributed by atoms with Crippen LogP contribution in [0, 0.1) is 0 Å². The molecule has 1 unspecified atom stereocenters. The topological polar surface area (TPSA) is 3.24 Å². The molecular formula is C14H29N. The van der Waals surface area contributed by atoms with E-state index >= 15 is 0 Å². The summed E-state index contributed by atoms with van der Waals surface area (Å²) in [4.78, 5) is 2.72. The molecule has 1 aliphatic heterocycles. The van der Waals surface area contributed by atoms with Crippen molar-refractivity contribution >= 4 is 0 Å². The minimum Gasteiger partial charge on any atom is -0.301 e. The Hall–Kier alpha value is -0.0400. The quantitative estimate of drug-likeness (QED) is 0.595. The first-order valence-electron chi connectivity index (χ1n) is 7.08. The Morgan fingerprint density at radius 2 is 1.80 bits per heavy atom. The molecule has 0 aromatic rings. The van der Waals surface area contributed by atoms with Gasteiger partial charge in [-0.15, -0.1) is 0 Å². The van der Waals surface area contributed by atoms with E-state index in [0.29, 0.717) is 0 Å². The number of hydrogen-bond acceptors (Lipinski definition) is 1. The molecule has 1 heterocycles. The lowest BCUT2D eigenvalue weighted by Gasteiger charge is -2.26. The largest absolute Gasteiger partial charge is 0.301 e. The van der Waals surface area contributed by atoms with Crippen molar-refractivity contribution < 1.29 is 0 Å². The molecule has 1 rings (SSSR count). The van der Waals surface area contributed by atoms with Gasteiger partial charge in [-0.3, -0.25) is 0 Å². The van der Waals surface area contributed by atoms with Crippen LogP contribution in [0.3, 0.4) is 0 Å². The van der Waals surface area contributed by atoms with Crippen molar-refractivity contribution in [2.45, 2.75) is 77.7 Å². The fraction of sp³-hybridized carbons (Fsp3) is 1.00. The predicted molar refractivity (Wildman–Crippen MR) is 68.3 cm³/mol. The van der Waals surface area contributed by atoms with Crippen molar-refractivity contribution in [3.63, 3.8) is 0 Å². The maximum atomic E-state index is 2.72. The van der Waals surface area contributed by atoms with Gasteiger partial charge in [-0.05, 0) is 39.3 Å². The van der Waals surface area contributed by atoms with E-state index in [2.05, 4.69) is 18.7 Å². The standard InChI is InChI=1S/C14H29N/c1-3-4-5-6-9-12-15-13-10-7-8-11-14(15)2/h14H,3-13H2,1-2H3. The summed E-state index contributed by atoms with van der Waals surface area (Å²) in [6.07, 6.45) is 12.9. The molecule has 0 bridgehead atoms. The van der Waals surface area contributed by atoms with E-state index < -0.39 is 0 Å². The van der Waals surface area contributed by atoms with Gasteiger partial charge in [-0.25, -0.2) is 0 Å². The van der Waals surface area contributed by atoms with Crippen LogP contribution < -0.4 is 0 Å². The maximum Gasteiger partial charge on any atom is 0.00669 e. The van der Waals surface area contributed by atoms with E-state index in [1.54, 1.807) is 0 Å². The highest BCUT2D eigenvalue weighted by atomic mass is 15.1. The second-order valence-electron chi connectivity index (χ2n) is 5.15. The van der Waals surface area contributed by atoms with Gasteiger partial charge in [-0.2, -0.15) is 0 Å². The summed E-state index contributed by atoms with van der Waals surface area (Å²) in [5.41, 5.74) is 0. The van der Waals surface area contributed by atoms with Gasteiger partial charge in [0.15, 0.2) is 0 Å². The SMILES string of the molecule is CCCCCCCN1CCCCCC1C. The third-order valence-corrected chi connectivity index (χ3v) is 3.74. The second kappa shape index (κ2) is 8.15. The molecular weight excluding hydrogens is 182 g/mol. The van der Waals surface area contributed by atoms with Gasteiger partial charge in [0.05, 0.1) is 0 Å². The fourth-order valence-corrected chi connectivity index (χ4v) is 2.59. The zero-order chi connectivity index (χ0) is 10.9. The Morgan fingerprint density at radius 1 is 1.00 bits per heavy atom. The van der Waals surface area contributed by atoms with Gasteiger partial charge in [0.25, 0.3) is 0 Å². The van der Waals surface area contributed by atoms with E-state index in [1.165, 1.54) is 70.9 Å². The van der Waals surface area contributed by atoms with Gasteiger partial charge >= 0.3 is 0 Å². The molecule has 1 heteroatoms. The van der Waals surface area contributed by atoms with E-state index in [1.807, 2.05) is 0 Å². The van der Waals surface area contributed by atoms with E-state index in [-0.39, 0.29) is 0 Å². The van der Waals surface area contributed by atoms with Crippen molar-refractivity contribution in [2.75, 3.05) is 13.1 Å². The molecule has 0 spiro atoms. The molecule has 0 amide bonds. The average molecular weight is 211 g/mol. The zero-order valence-corrected chi connectivity index (χ0v) is 10.8.